The van der Waals surface area contributed by atoms with Crippen molar-refractivity contribution in [2.75, 3.05) is 18.5 Å². The molecule has 2 aromatic rings. The number of rotatable bonds is 5. The van der Waals surface area contributed by atoms with Gasteiger partial charge in [-0.3, -0.25) is 4.79 Å². The van der Waals surface area contributed by atoms with Gasteiger partial charge in [-0.05, 0) is 43.2 Å². The van der Waals surface area contributed by atoms with E-state index in [1.165, 1.54) is 6.07 Å². The number of halogens is 3. The molecule has 27 heavy (non-hydrogen) atoms. The number of benzene rings is 2. The molecular formula is C20H21F3N2O2. The molecule has 1 atom stereocenters. The maximum Gasteiger partial charge on any atom is 0.416 e. The second kappa shape index (κ2) is 7.23. The number of hydrogen-bond donors (Lipinski definition) is 2. The van der Waals surface area contributed by atoms with Gasteiger partial charge in [-0.2, -0.15) is 13.2 Å². The summed E-state index contributed by atoms with van der Waals surface area (Å²) in [6.45, 7) is 4.02. The highest BCUT2D eigenvalue weighted by molar-refractivity contribution is 5.85. The lowest BCUT2D eigenvalue weighted by Crippen LogP contribution is -2.61. The largest absolute Gasteiger partial charge is 0.416 e. The number of carbonyl (C=O) groups is 1. The highest BCUT2D eigenvalue weighted by Gasteiger charge is 2.42. The monoisotopic (exact) mass is 378 g/mol. The summed E-state index contributed by atoms with van der Waals surface area (Å²) in [5, 5.41) is 6.01. The summed E-state index contributed by atoms with van der Waals surface area (Å²) in [6, 6.07) is 12.4. The lowest BCUT2D eigenvalue weighted by molar-refractivity contribution is -0.137. The van der Waals surface area contributed by atoms with Crippen LogP contribution in [0.3, 0.4) is 0 Å². The number of ether oxygens (including phenoxy) is 1. The number of aryl methyl sites for hydroxylation is 1. The van der Waals surface area contributed by atoms with E-state index >= 15 is 0 Å². The highest BCUT2D eigenvalue weighted by atomic mass is 19.4. The first kappa shape index (κ1) is 19.2. The predicted octanol–water partition coefficient (Wildman–Crippen LogP) is 3.86. The smallest absolute Gasteiger partial charge is 0.376 e. The molecule has 144 valence electrons. The van der Waals surface area contributed by atoms with Crippen LogP contribution in [0.15, 0.2) is 48.5 Å². The van der Waals surface area contributed by atoms with E-state index in [4.69, 9.17) is 4.74 Å². The van der Waals surface area contributed by atoms with Gasteiger partial charge < -0.3 is 15.4 Å². The molecule has 0 radical (unpaired) electrons. The molecule has 2 N–H and O–H groups in total. The fourth-order valence-corrected chi connectivity index (χ4v) is 3.02. The van der Waals surface area contributed by atoms with Gasteiger partial charge in [0.2, 0.25) is 5.91 Å². The second-order valence-electron chi connectivity index (χ2n) is 6.82. The molecule has 1 amide bonds. The third kappa shape index (κ3) is 4.08. The Labute approximate surface area is 155 Å². The third-order valence-electron chi connectivity index (χ3n) is 4.70. The first-order chi connectivity index (χ1) is 12.7. The van der Waals surface area contributed by atoms with Crippen LogP contribution in [0.1, 0.15) is 23.6 Å². The van der Waals surface area contributed by atoms with Crippen LogP contribution in [0.2, 0.25) is 0 Å². The Morgan fingerprint density at radius 1 is 1.15 bits per heavy atom. The van der Waals surface area contributed by atoms with Gasteiger partial charge >= 0.3 is 6.18 Å². The molecule has 1 aliphatic heterocycles. The molecule has 0 saturated carbocycles. The van der Waals surface area contributed by atoms with E-state index in [0.29, 0.717) is 24.5 Å². The van der Waals surface area contributed by atoms with E-state index in [1.54, 1.807) is 13.8 Å². The molecule has 0 spiro atoms. The Hall–Kier alpha value is -2.54. The minimum Gasteiger partial charge on any atom is -0.376 e. The van der Waals surface area contributed by atoms with Crippen LogP contribution in [0, 0.1) is 6.92 Å². The van der Waals surface area contributed by atoms with E-state index in [1.807, 2.05) is 30.3 Å². The molecule has 1 aliphatic rings. The van der Waals surface area contributed by atoms with Crippen molar-refractivity contribution in [2.45, 2.75) is 31.6 Å². The van der Waals surface area contributed by atoms with Gasteiger partial charge in [0.25, 0.3) is 0 Å². The third-order valence-corrected chi connectivity index (χ3v) is 4.70. The molecule has 2 aromatic carbocycles. The van der Waals surface area contributed by atoms with Crippen LogP contribution in [0.4, 0.5) is 18.9 Å². The van der Waals surface area contributed by atoms with Crippen molar-refractivity contribution in [3.63, 3.8) is 0 Å². The van der Waals surface area contributed by atoms with Crippen LogP contribution >= 0.6 is 0 Å². The number of alkyl halides is 3. The topological polar surface area (TPSA) is 50.4 Å². The Balaban J connectivity index is 1.69. The second-order valence-corrected chi connectivity index (χ2v) is 6.82. The van der Waals surface area contributed by atoms with Crippen molar-refractivity contribution in [1.82, 2.24) is 5.32 Å². The first-order valence-electron chi connectivity index (χ1n) is 8.61. The molecule has 0 aliphatic carbocycles. The van der Waals surface area contributed by atoms with Gasteiger partial charge in [0.15, 0.2) is 0 Å². The van der Waals surface area contributed by atoms with Crippen molar-refractivity contribution in [3.05, 3.63) is 65.2 Å². The molecule has 1 unspecified atom stereocenters. The fourth-order valence-electron chi connectivity index (χ4n) is 3.02. The van der Waals surface area contributed by atoms with E-state index < -0.39 is 23.3 Å². The Morgan fingerprint density at radius 2 is 1.81 bits per heavy atom. The van der Waals surface area contributed by atoms with Gasteiger partial charge in [-0.25, -0.2) is 0 Å². The SMILES string of the molecule is Cc1cc(C(F)(F)F)ccc1NC(C)C(=O)NC1(c2ccccc2)COC1. The summed E-state index contributed by atoms with van der Waals surface area (Å²) in [7, 11) is 0. The standard InChI is InChI=1S/C20H21F3N2O2/c1-13-10-16(20(21,22)23)8-9-17(13)24-14(2)18(26)25-19(11-27-12-19)15-6-4-3-5-7-15/h3-10,14,24H,11-12H2,1-2H3,(H,25,26). The van der Waals surface area contributed by atoms with E-state index in [-0.39, 0.29) is 5.91 Å². The van der Waals surface area contributed by atoms with Crippen molar-refractivity contribution in [2.24, 2.45) is 0 Å². The average Bonchev–Trinajstić information content (AvgIpc) is 2.59. The maximum atomic E-state index is 12.8. The zero-order valence-corrected chi connectivity index (χ0v) is 15.1. The van der Waals surface area contributed by atoms with Gasteiger partial charge in [0.1, 0.15) is 11.6 Å². The molecular weight excluding hydrogens is 357 g/mol. The summed E-state index contributed by atoms with van der Waals surface area (Å²) in [5.74, 6) is -0.249. The summed E-state index contributed by atoms with van der Waals surface area (Å²) >= 11 is 0. The lowest BCUT2D eigenvalue weighted by Gasteiger charge is -2.43. The number of anilines is 1. The zero-order valence-electron chi connectivity index (χ0n) is 15.1. The van der Waals surface area contributed by atoms with Crippen molar-refractivity contribution < 1.29 is 22.7 Å². The summed E-state index contributed by atoms with van der Waals surface area (Å²) in [4.78, 5) is 12.7. The van der Waals surface area contributed by atoms with Crippen molar-refractivity contribution in [3.8, 4) is 0 Å². The Kier molecular flexibility index (Phi) is 5.15. The maximum absolute atomic E-state index is 12.8. The Bertz CT molecular complexity index is 818. The van der Waals surface area contributed by atoms with E-state index in [0.717, 1.165) is 17.7 Å². The Morgan fingerprint density at radius 3 is 2.33 bits per heavy atom. The minimum absolute atomic E-state index is 0.249. The lowest BCUT2D eigenvalue weighted by atomic mass is 9.87. The molecule has 1 heterocycles. The van der Waals surface area contributed by atoms with Crippen molar-refractivity contribution >= 4 is 11.6 Å². The summed E-state index contributed by atoms with van der Waals surface area (Å²) < 4.78 is 43.7. The summed E-state index contributed by atoms with van der Waals surface area (Å²) in [5.41, 5.74) is 0.599. The highest BCUT2D eigenvalue weighted by Crippen LogP contribution is 2.32. The van der Waals surface area contributed by atoms with Crippen LogP contribution in [0.25, 0.3) is 0 Å². The number of nitrogens with one attached hydrogen (secondary N) is 2. The number of carbonyl (C=O) groups excluding carboxylic acids is 1. The zero-order chi connectivity index (χ0) is 19.7. The molecule has 7 heteroatoms. The van der Waals surface area contributed by atoms with Crippen LogP contribution in [-0.2, 0) is 21.2 Å². The molecule has 4 nitrogen and oxygen atoms in total. The minimum atomic E-state index is -4.39. The normalized spacial score (nSPS) is 16.9. The molecule has 3 rings (SSSR count). The molecule has 0 aromatic heterocycles. The van der Waals surface area contributed by atoms with Crippen LogP contribution in [-0.4, -0.2) is 25.2 Å². The van der Waals surface area contributed by atoms with Crippen molar-refractivity contribution in [1.29, 1.82) is 0 Å². The predicted molar refractivity (Wildman–Crippen MR) is 96.3 cm³/mol. The van der Waals surface area contributed by atoms with Gasteiger partial charge in [-0.15, -0.1) is 0 Å². The van der Waals surface area contributed by atoms with Crippen LogP contribution < -0.4 is 10.6 Å². The summed E-state index contributed by atoms with van der Waals surface area (Å²) in [6.07, 6.45) is -4.39. The molecule has 0 bridgehead atoms. The van der Waals surface area contributed by atoms with E-state index in [9.17, 15) is 18.0 Å². The molecule has 1 fully saturated rings. The van der Waals surface area contributed by atoms with Gasteiger partial charge in [0, 0.05) is 5.69 Å². The van der Waals surface area contributed by atoms with E-state index in [2.05, 4.69) is 10.6 Å². The number of amides is 1. The molecule has 1 saturated heterocycles. The fraction of sp³-hybridized carbons (Fsp3) is 0.350. The first-order valence-corrected chi connectivity index (χ1v) is 8.61. The average molecular weight is 378 g/mol. The van der Waals surface area contributed by atoms with Gasteiger partial charge in [-0.1, -0.05) is 30.3 Å². The number of hydrogen-bond acceptors (Lipinski definition) is 3. The quantitative estimate of drug-likeness (QED) is 0.831. The van der Waals surface area contributed by atoms with Crippen LogP contribution in [0.5, 0.6) is 0 Å². The van der Waals surface area contributed by atoms with Gasteiger partial charge in [0.05, 0.1) is 18.8 Å².